The highest BCUT2D eigenvalue weighted by Gasteiger charge is 2.30. The molecular weight excluding hydrogens is 485 g/mol. The third-order valence-electron chi connectivity index (χ3n) is 6.90. The summed E-state index contributed by atoms with van der Waals surface area (Å²) < 4.78 is 57.3. The summed E-state index contributed by atoms with van der Waals surface area (Å²) >= 11 is 0. The highest BCUT2D eigenvalue weighted by Crippen LogP contribution is 2.40. The van der Waals surface area contributed by atoms with Crippen molar-refractivity contribution in [2.24, 2.45) is 7.05 Å². The number of imidazole rings is 1. The quantitative estimate of drug-likeness (QED) is 0.429. The van der Waals surface area contributed by atoms with Gasteiger partial charge in [-0.15, -0.1) is 0 Å². The Morgan fingerprint density at radius 2 is 1.41 bits per heavy atom. The van der Waals surface area contributed by atoms with E-state index in [9.17, 15) is 13.2 Å². The van der Waals surface area contributed by atoms with Gasteiger partial charge in [0.2, 0.25) is 5.75 Å². The number of hydrogen-bond donors (Lipinski definition) is 0. The molecule has 2 aromatic carbocycles. The summed E-state index contributed by atoms with van der Waals surface area (Å²) in [5, 5.41) is 0. The first-order valence-electron chi connectivity index (χ1n) is 12.1. The predicted molar refractivity (Wildman–Crippen MR) is 135 cm³/mol. The minimum Gasteiger partial charge on any atom is -0.493 e. The van der Waals surface area contributed by atoms with E-state index in [1.54, 1.807) is 21.3 Å². The van der Waals surface area contributed by atoms with Crippen molar-refractivity contribution in [1.29, 1.82) is 0 Å². The second kappa shape index (κ2) is 11.0. The van der Waals surface area contributed by atoms with Gasteiger partial charge in [-0.3, -0.25) is 9.80 Å². The van der Waals surface area contributed by atoms with Gasteiger partial charge in [-0.2, -0.15) is 13.2 Å². The maximum Gasteiger partial charge on any atom is 0.416 e. The third kappa shape index (κ3) is 5.70. The van der Waals surface area contributed by atoms with E-state index >= 15 is 0 Å². The summed E-state index contributed by atoms with van der Waals surface area (Å²) in [6.07, 6.45) is -4.35. The van der Waals surface area contributed by atoms with Gasteiger partial charge in [0.25, 0.3) is 0 Å². The molecule has 0 radical (unpaired) electrons. The van der Waals surface area contributed by atoms with Gasteiger partial charge in [0.15, 0.2) is 11.5 Å². The fourth-order valence-electron chi connectivity index (χ4n) is 4.80. The molecule has 200 valence electrons. The van der Waals surface area contributed by atoms with Crippen LogP contribution in [0.25, 0.3) is 11.4 Å². The number of ether oxygens (including phenoxy) is 3. The molecule has 1 aliphatic heterocycles. The van der Waals surface area contributed by atoms with Gasteiger partial charge in [-0.05, 0) is 25.1 Å². The number of alkyl halides is 3. The summed E-state index contributed by atoms with van der Waals surface area (Å²) in [5.41, 5.74) is 2.99. The normalized spacial score (nSPS) is 15.1. The van der Waals surface area contributed by atoms with Crippen molar-refractivity contribution in [2.45, 2.75) is 26.2 Å². The standard InChI is InChI=1S/C27H33F3N4O3/c1-18-22(32(2)26(31-18)19-6-9-21(10-7-19)27(28,29)30)17-34-14-12-33(13-15-34)16-20-8-11-23(35-3)25(37-5)24(20)36-4/h6-11H,12-17H2,1-5H3. The molecule has 7 nitrogen and oxygen atoms in total. The molecule has 1 fully saturated rings. The average Bonchev–Trinajstić information content (AvgIpc) is 3.17. The fourth-order valence-corrected chi connectivity index (χ4v) is 4.80. The van der Waals surface area contributed by atoms with E-state index in [1.165, 1.54) is 12.1 Å². The lowest BCUT2D eigenvalue weighted by atomic mass is 10.1. The molecule has 0 spiro atoms. The van der Waals surface area contributed by atoms with Crippen molar-refractivity contribution >= 4 is 0 Å². The Morgan fingerprint density at radius 1 is 0.811 bits per heavy atom. The van der Waals surface area contributed by atoms with Gasteiger partial charge < -0.3 is 18.8 Å². The van der Waals surface area contributed by atoms with Gasteiger partial charge in [0, 0.05) is 57.4 Å². The van der Waals surface area contributed by atoms with E-state index in [-0.39, 0.29) is 0 Å². The van der Waals surface area contributed by atoms with Gasteiger partial charge >= 0.3 is 6.18 Å². The molecule has 4 rings (SSSR count). The summed E-state index contributed by atoms with van der Waals surface area (Å²) in [6, 6.07) is 9.07. The molecule has 0 amide bonds. The monoisotopic (exact) mass is 518 g/mol. The lowest BCUT2D eigenvalue weighted by molar-refractivity contribution is -0.137. The first-order valence-corrected chi connectivity index (χ1v) is 12.1. The van der Waals surface area contributed by atoms with Crippen LogP contribution in [0.4, 0.5) is 13.2 Å². The zero-order valence-corrected chi connectivity index (χ0v) is 21.9. The summed E-state index contributed by atoms with van der Waals surface area (Å²) in [7, 11) is 6.76. The van der Waals surface area contributed by atoms with Crippen molar-refractivity contribution in [1.82, 2.24) is 19.4 Å². The molecule has 1 aliphatic rings. The van der Waals surface area contributed by atoms with Crippen LogP contribution in [0.15, 0.2) is 36.4 Å². The maximum atomic E-state index is 12.9. The summed E-state index contributed by atoms with van der Waals surface area (Å²) in [6.45, 7) is 6.96. The van der Waals surface area contributed by atoms with E-state index in [0.29, 0.717) is 28.6 Å². The Morgan fingerprint density at radius 3 is 1.95 bits per heavy atom. The number of nitrogens with zero attached hydrogens (tertiary/aromatic N) is 4. The molecule has 0 bridgehead atoms. The zero-order valence-electron chi connectivity index (χ0n) is 21.9. The molecule has 0 saturated carbocycles. The van der Waals surface area contributed by atoms with Crippen LogP contribution < -0.4 is 14.2 Å². The number of aryl methyl sites for hydroxylation is 1. The molecule has 1 aromatic heterocycles. The molecule has 10 heteroatoms. The lowest BCUT2D eigenvalue weighted by Crippen LogP contribution is -2.45. The van der Waals surface area contributed by atoms with Crippen LogP contribution in [-0.4, -0.2) is 66.9 Å². The van der Waals surface area contributed by atoms with E-state index in [1.807, 2.05) is 30.7 Å². The molecular formula is C27H33F3N4O3. The van der Waals surface area contributed by atoms with Crippen LogP contribution >= 0.6 is 0 Å². The van der Waals surface area contributed by atoms with Crippen molar-refractivity contribution in [3.8, 4) is 28.6 Å². The Hall–Kier alpha value is -3.24. The summed E-state index contributed by atoms with van der Waals surface area (Å²) in [5.74, 6) is 2.58. The Kier molecular flexibility index (Phi) is 7.99. The van der Waals surface area contributed by atoms with E-state index in [0.717, 1.165) is 68.4 Å². The van der Waals surface area contributed by atoms with E-state index in [4.69, 9.17) is 14.2 Å². The second-order valence-corrected chi connectivity index (χ2v) is 9.15. The number of benzene rings is 2. The minimum absolute atomic E-state index is 0.594. The molecule has 37 heavy (non-hydrogen) atoms. The molecule has 0 unspecified atom stereocenters. The second-order valence-electron chi connectivity index (χ2n) is 9.15. The minimum atomic E-state index is -4.35. The fraction of sp³-hybridized carbons (Fsp3) is 0.444. The molecule has 3 aromatic rings. The smallest absolute Gasteiger partial charge is 0.416 e. The van der Waals surface area contributed by atoms with Gasteiger partial charge in [-0.25, -0.2) is 4.98 Å². The highest BCUT2D eigenvalue weighted by atomic mass is 19.4. The van der Waals surface area contributed by atoms with E-state index in [2.05, 4.69) is 14.8 Å². The predicted octanol–water partition coefficient (Wildman–Crippen LogP) is 4.76. The van der Waals surface area contributed by atoms with Crippen molar-refractivity contribution < 1.29 is 27.4 Å². The molecule has 2 heterocycles. The van der Waals surface area contributed by atoms with Crippen molar-refractivity contribution in [2.75, 3.05) is 47.5 Å². The SMILES string of the molecule is COc1ccc(CN2CCN(Cc3c(C)nc(-c4ccc(C(F)(F)F)cc4)n3C)CC2)c(OC)c1OC. The lowest BCUT2D eigenvalue weighted by Gasteiger charge is -2.35. The van der Waals surface area contributed by atoms with Crippen LogP contribution in [0.5, 0.6) is 17.2 Å². The maximum absolute atomic E-state index is 12.9. The number of aromatic nitrogens is 2. The molecule has 0 aliphatic carbocycles. The average molecular weight is 519 g/mol. The van der Waals surface area contributed by atoms with Crippen LogP contribution in [-0.2, 0) is 26.3 Å². The first kappa shape index (κ1) is 26.8. The van der Waals surface area contributed by atoms with Crippen molar-refractivity contribution in [3.05, 3.63) is 58.9 Å². The Balaban J connectivity index is 1.41. The van der Waals surface area contributed by atoms with Gasteiger partial charge in [-0.1, -0.05) is 18.2 Å². The van der Waals surface area contributed by atoms with Gasteiger partial charge in [0.1, 0.15) is 5.82 Å². The number of piperazine rings is 1. The molecule has 0 atom stereocenters. The Labute approximate surface area is 215 Å². The number of halogens is 3. The van der Waals surface area contributed by atoms with Crippen LogP contribution in [0.3, 0.4) is 0 Å². The number of methoxy groups -OCH3 is 3. The third-order valence-corrected chi connectivity index (χ3v) is 6.90. The largest absolute Gasteiger partial charge is 0.493 e. The molecule has 1 saturated heterocycles. The zero-order chi connectivity index (χ0) is 26.7. The van der Waals surface area contributed by atoms with Crippen LogP contribution in [0, 0.1) is 6.92 Å². The van der Waals surface area contributed by atoms with Gasteiger partial charge in [0.05, 0.1) is 38.3 Å². The topological polar surface area (TPSA) is 52.0 Å². The van der Waals surface area contributed by atoms with E-state index < -0.39 is 11.7 Å². The highest BCUT2D eigenvalue weighted by molar-refractivity contribution is 5.58. The van der Waals surface area contributed by atoms with Crippen LogP contribution in [0.1, 0.15) is 22.5 Å². The molecule has 0 N–H and O–H groups in total. The number of hydrogen-bond acceptors (Lipinski definition) is 6. The summed E-state index contributed by atoms with van der Waals surface area (Å²) in [4.78, 5) is 9.42. The Bertz CT molecular complexity index is 1220. The van der Waals surface area contributed by atoms with Crippen LogP contribution in [0.2, 0.25) is 0 Å². The van der Waals surface area contributed by atoms with Crippen molar-refractivity contribution in [3.63, 3.8) is 0 Å². The number of rotatable bonds is 8. The first-order chi connectivity index (χ1) is 17.7.